The van der Waals surface area contributed by atoms with Crippen LogP contribution < -0.4 is 24.4 Å². The van der Waals surface area contributed by atoms with Crippen LogP contribution in [0.15, 0.2) is 48.5 Å². The second-order valence-corrected chi connectivity index (χ2v) is 6.73. The van der Waals surface area contributed by atoms with E-state index in [1.807, 2.05) is 24.3 Å². The summed E-state index contributed by atoms with van der Waals surface area (Å²) in [5.74, 6) is 1.08. The number of hydrogen-bond donors (Lipinski definition) is 1. The van der Waals surface area contributed by atoms with Gasteiger partial charge < -0.3 is 29.3 Å². The van der Waals surface area contributed by atoms with Gasteiger partial charge in [0.2, 0.25) is 0 Å². The summed E-state index contributed by atoms with van der Waals surface area (Å²) in [5, 5.41) is 2.62. The Morgan fingerprint density at radius 1 is 0.900 bits per heavy atom. The van der Waals surface area contributed by atoms with E-state index >= 15 is 0 Å². The third-order valence-electron chi connectivity index (χ3n) is 4.90. The van der Waals surface area contributed by atoms with E-state index < -0.39 is 11.8 Å². The maximum atomic E-state index is 12.4. The van der Waals surface area contributed by atoms with E-state index in [2.05, 4.69) is 10.2 Å². The SMILES string of the molecule is COc1ccc(OCCNC(=O)C(=O)N2CCN(c3ccccc3OC)CC2)cc1. The Labute approximate surface area is 176 Å². The van der Waals surface area contributed by atoms with E-state index in [0.717, 1.165) is 17.2 Å². The van der Waals surface area contributed by atoms with Crippen molar-refractivity contribution in [3.8, 4) is 17.2 Å². The molecule has 0 radical (unpaired) electrons. The molecule has 2 amide bonds. The molecule has 0 atom stereocenters. The van der Waals surface area contributed by atoms with Gasteiger partial charge >= 0.3 is 11.8 Å². The lowest BCUT2D eigenvalue weighted by atomic mass is 10.2. The quantitative estimate of drug-likeness (QED) is 0.548. The van der Waals surface area contributed by atoms with Crippen molar-refractivity contribution in [3.63, 3.8) is 0 Å². The Morgan fingerprint density at radius 2 is 1.57 bits per heavy atom. The number of para-hydroxylation sites is 2. The van der Waals surface area contributed by atoms with Crippen molar-refractivity contribution in [1.29, 1.82) is 0 Å². The fourth-order valence-corrected chi connectivity index (χ4v) is 3.27. The molecule has 8 nitrogen and oxygen atoms in total. The molecule has 30 heavy (non-hydrogen) atoms. The third kappa shape index (κ3) is 5.34. The summed E-state index contributed by atoms with van der Waals surface area (Å²) in [6, 6.07) is 14.9. The van der Waals surface area contributed by atoms with E-state index in [9.17, 15) is 9.59 Å². The van der Waals surface area contributed by atoms with Crippen molar-refractivity contribution in [1.82, 2.24) is 10.2 Å². The maximum absolute atomic E-state index is 12.4. The lowest BCUT2D eigenvalue weighted by Gasteiger charge is -2.36. The van der Waals surface area contributed by atoms with Crippen molar-refractivity contribution >= 4 is 17.5 Å². The minimum absolute atomic E-state index is 0.248. The highest BCUT2D eigenvalue weighted by Gasteiger charge is 2.26. The summed E-state index contributed by atoms with van der Waals surface area (Å²) < 4.78 is 16.0. The van der Waals surface area contributed by atoms with Gasteiger partial charge in [-0.05, 0) is 36.4 Å². The van der Waals surface area contributed by atoms with Crippen LogP contribution in [-0.4, -0.2) is 70.3 Å². The van der Waals surface area contributed by atoms with E-state index in [-0.39, 0.29) is 13.2 Å². The molecular formula is C22H27N3O5. The highest BCUT2D eigenvalue weighted by atomic mass is 16.5. The minimum Gasteiger partial charge on any atom is -0.497 e. The average Bonchev–Trinajstić information content (AvgIpc) is 2.81. The molecular weight excluding hydrogens is 386 g/mol. The number of hydrogen-bond acceptors (Lipinski definition) is 6. The van der Waals surface area contributed by atoms with Crippen LogP contribution >= 0.6 is 0 Å². The molecule has 3 rings (SSSR count). The van der Waals surface area contributed by atoms with Gasteiger partial charge in [-0.15, -0.1) is 0 Å². The third-order valence-corrected chi connectivity index (χ3v) is 4.90. The highest BCUT2D eigenvalue weighted by molar-refractivity contribution is 6.35. The van der Waals surface area contributed by atoms with Crippen molar-refractivity contribution in [2.75, 3.05) is 58.5 Å². The van der Waals surface area contributed by atoms with Gasteiger partial charge in [0.25, 0.3) is 0 Å². The number of nitrogens with zero attached hydrogens (tertiary/aromatic N) is 2. The fraction of sp³-hybridized carbons (Fsp3) is 0.364. The average molecular weight is 413 g/mol. The number of carbonyl (C=O) groups excluding carboxylic acids is 2. The van der Waals surface area contributed by atoms with Gasteiger partial charge in [0, 0.05) is 26.2 Å². The van der Waals surface area contributed by atoms with Gasteiger partial charge in [0.1, 0.15) is 23.9 Å². The lowest BCUT2D eigenvalue weighted by molar-refractivity contribution is -0.146. The molecule has 0 aromatic heterocycles. The van der Waals surface area contributed by atoms with E-state index in [4.69, 9.17) is 14.2 Å². The molecule has 2 aromatic rings. The standard InChI is InChI=1S/C22H27N3O5/c1-28-17-7-9-18(10-8-17)30-16-11-23-21(26)22(27)25-14-12-24(13-15-25)19-5-3-4-6-20(19)29-2/h3-10H,11-16H2,1-2H3,(H,23,26). The first-order valence-corrected chi connectivity index (χ1v) is 9.84. The largest absolute Gasteiger partial charge is 0.497 e. The summed E-state index contributed by atoms with van der Waals surface area (Å²) in [6.45, 7) is 2.75. The highest BCUT2D eigenvalue weighted by Crippen LogP contribution is 2.28. The second-order valence-electron chi connectivity index (χ2n) is 6.73. The monoisotopic (exact) mass is 413 g/mol. The summed E-state index contributed by atoms with van der Waals surface area (Å²) in [5.41, 5.74) is 0.993. The van der Waals surface area contributed by atoms with Crippen LogP contribution in [0.1, 0.15) is 0 Å². The van der Waals surface area contributed by atoms with E-state index in [1.165, 1.54) is 0 Å². The van der Waals surface area contributed by atoms with E-state index in [1.54, 1.807) is 43.4 Å². The van der Waals surface area contributed by atoms with Crippen molar-refractivity contribution in [2.45, 2.75) is 0 Å². The van der Waals surface area contributed by atoms with Crippen LogP contribution in [-0.2, 0) is 9.59 Å². The van der Waals surface area contributed by atoms with Crippen LogP contribution in [0.3, 0.4) is 0 Å². The number of benzene rings is 2. The molecule has 1 fully saturated rings. The maximum Gasteiger partial charge on any atom is 0.312 e. The zero-order valence-electron chi connectivity index (χ0n) is 17.3. The van der Waals surface area contributed by atoms with Crippen molar-refractivity contribution in [3.05, 3.63) is 48.5 Å². The first kappa shape index (κ1) is 21.3. The first-order valence-electron chi connectivity index (χ1n) is 9.84. The summed E-state index contributed by atoms with van der Waals surface area (Å²) in [7, 11) is 3.24. The van der Waals surface area contributed by atoms with Crippen molar-refractivity contribution in [2.24, 2.45) is 0 Å². The molecule has 160 valence electrons. The predicted octanol–water partition coefficient (Wildman–Crippen LogP) is 1.55. The molecule has 0 unspecified atom stereocenters. The smallest absolute Gasteiger partial charge is 0.312 e. The van der Waals surface area contributed by atoms with Gasteiger partial charge in [-0.25, -0.2) is 0 Å². The van der Waals surface area contributed by atoms with Crippen LogP contribution in [0.4, 0.5) is 5.69 Å². The van der Waals surface area contributed by atoms with Crippen LogP contribution in [0.25, 0.3) is 0 Å². The molecule has 1 aliphatic heterocycles. The Balaban J connectivity index is 1.40. The molecule has 0 bridgehead atoms. The molecule has 2 aromatic carbocycles. The number of anilines is 1. The first-order chi connectivity index (χ1) is 14.6. The number of amides is 2. The molecule has 0 aliphatic carbocycles. The zero-order valence-corrected chi connectivity index (χ0v) is 17.3. The molecule has 0 spiro atoms. The van der Waals surface area contributed by atoms with Gasteiger partial charge in [0.05, 0.1) is 26.5 Å². The fourth-order valence-electron chi connectivity index (χ4n) is 3.27. The Hall–Kier alpha value is -3.42. The molecule has 0 saturated carbocycles. The minimum atomic E-state index is -0.612. The number of piperazine rings is 1. The predicted molar refractivity (Wildman–Crippen MR) is 113 cm³/mol. The summed E-state index contributed by atoms with van der Waals surface area (Å²) in [6.07, 6.45) is 0. The van der Waals surface area contributed by atoms with Crippen LogP contribution in [0.5, 0.6) is 17.2 Å². The summed E-state index contributed by atoms with van der Waals surface area (Å²) in [4.78, 5) is 28.3. The number of carbonyl (C=O) groups is 2. The molecule has 1 heterocycles. The van der Waals surface area contributed by atoms with Gasteiger partial charge in [-0.2, -0.15) is 0 Å². The van der Waals surface area contributed by atoms with Gasteiger partial charge in [-0.1, -0.05) is 12.1 Å². The Morgan fingerprint density at radius 3 is 2.23 bits per heavy atom. The molecule has 8 heteroatoms. The van der Waals surface area contributed by atoms with Crippen LogP contribution in [0.2, 0.25) is 0 Å². The number of rotatable bonds is 7. The number of methoxy groups -OCH3 is 2. The lowest BCUT2D eigenvalue weighted by Crippen LogP contribution is -2.53. The Bertz CT molecular complexity index is 848. The van der Waals surface area contributed by atoms with Crippen LogP contribution in [0, 0.1) is 0 Å². The second kappa shape index (κ2) is 10.4. The number of nitrogens with one attached hydrogen (secondary N) is 1. The topological polar surface area (TPSA) is 80.3 Å². The summed E-state index contributed by atoms with van der Waals surface area (Å²) >= 11 is 0. The molecule has 1 saturated heterocycles. The zero-order chi connectivity index (χ0) is 21.3. The Kier molecular flexibility index (Phi) is 7.37. The molecule has 1 aliphatic rings. The van der Waals surface area contributed by atoms with Gasteiger partial charge in [0.15, 0.2) is 0 Å². The normalized spacial score (nSPS) is 13.5. The van der Waals surface area contributed by atoms with Crippen molar-refractivity contribution < 1.29 is 23.8 Å². The van der Waals surface area contributed by atoms with E-state index in [0.29, 0.717) is 31.9 Å². The van der Waals surface area contributed by atoms with Gasteiger partial charge in [-0.3, -0.25) is 9.59 Å². The molecule has 1 N–H and O–H groups in total. The number of ether oxygens (including phenoxy) is 3.